The fourth-order valence-corrected chi connectivity index (χ4v) is 3.66. The number of halogens is 1. The summed E-state index contributed by atoms with van der Waals surface area (Å²) in [5, 5.41) is 8.85. The standard InChI is InChI=1S/C17H19FN4OS/c18-12-4-5-15-13(11-12)14(6-10-24-15)22-17(23)21-9-8-20-16-3-1-2-7-19-16/h1-5,7,11,14H,6,8-10H2,(H,19,20)(H2,21,22,23). The fraction of sp³-hybridized carbons (Fsp3) is 0.294. The van der Waals surface area contributed by atoms with Crippen molar-refractivity contribution >= 4 is 23.6 Å². The van der Waals surface area contributed by atoms with Crippen LogP contribution in [0.1, 0.15) is 18.0 Å². The molecule has 3 N–H and O–H groups in total. The number of rotatable bonds is 5. The number of anilines is 1. The maximum Gasteiger partial charge on any atom is 0.315 e. The van der Waals surface area contributed by atoms with Crippen LogP contribution in [-0.2, 0) is 0 Å². The van der Waals surface area contributed by atoms with Gasteiger partial charge in [-0.2, -0.15) is 0 Å². The quantitative estimate of drug-likeness (QED) is 0.728. The molecule has 126 valence electrons. The highest BCUT2D eigenvalue weighted by atomic mass is 32.2. The summed E-state index contributed by atoms with van der Waals surface area (Å²) in [4.78, 5) is 17.2. The second-order valence-corrected chi connectivity index (χ2v) is 6.55. The Morgan fingerprint density at radius 3 is 3.04 bits per heavy atom. The van der Waals surface area contributed by atoms with Gasteiger partial charge in [-0.05, 0) is 42.3 Å². The summed E-state index contributed by atoms with van der Waals surface area (Å²) in [6.07, 6.45) is 2.50. The second kappa shape index (κ2) is 8.01. The molecule has 1 atom stereocenters. The molecule has 2 amide bonds. The summed E-state index contributed by atoms with van der Waals surface area (Å²) in [7, 11) is 0. The summed E-state index contributed by atoms with van der Waals surface area (Å²) in [5.74, 6) is 1.40. The van der Waals surface area contributed by atoms with E-state index in [1.807, 2.05) is 18.2 Å². The van der Waals surface area contributed by atoms with E-state index in [-0.39, 0.29) is 17.9 Å². The number of benzene rings is 1. The minimum atomic E-state index is -0.275. The van der Waals surface area contributed by atoms with Crippen LogP contribution in [0.3, 0.4) is 0 Å². The van der Waals surface area contributed by atoms with Crippen LogP contribution in [0, 0.1) is 5.82 Å². The lowest BCUT2D eigenvalue weighted by atomic mass is 10.0. The number of carbonyl (C=O) groups is 1. The number of urea groups is 1. The van der Waals surface area contributed by atoms with E-state index < -0.39 is 0 Å². The van der Waals surface area contributed by atoms with Crippen molar-refractivity contribution in [3.63, 3.8) is 0 Å². The molecule has 0 bridgehead atoms. The van der Waals surface area contributed by atoms with Gasteiger partial charge in [-0.15, -0.1) is 11.8 Å². The van der Waals surface area contributed by atoms with E-state index in [0.29, 0.717) is 13.1 Å². The minimum absolute atomic E-state index is 0.152. The van der Waals surface area contributed by atoms with Crippen LogP contribution >= 0.6 is 11.8 Å². The minimum Gasteiger partial charge on any atom is -0.368 e. The summed E-state index contributed by atoms with van der Waals surface area (Å²) in [6.45, 7) is 1.05. The predicted molar refractivity (Wildman–Crippen MR) is 93.7 cm³/mol. The van der Waals surface area contributed by atoms with Gasteiger partial charge in [-0.25, -0.2) is 14.2 Å². The molecule has 0 saturated heterocycles. The van der Waals surface area contributed by atoms with Gasteiger partial charge < -0.3 is 16.0 Å². The van der Waals surface area contributed by atoms with Gasteiger partial charge in [0.15, 0.2) is 0 Å². The number of fused-ring (bicyclic) bond motifs is 1. The molecular weight excluding hydrogens is 327 g/mol. The molecule has 24 heavy (non-hydrogen) atoms. The number of thioether (sulfide) groups is 1. The second-order valence-electron chi connectivity index (χ2n) is 5.41. The smallest absolute Gasteiger partial charge is 0.315 e. The van der Waals surface area contributed by atoms with E-state index in [4.69, 9.17) is 0 Å². The molecule has 1 aromatic carbocycles. The van der Waals surface area contributed by atoms with Crippen molar-refractivity contribution in [1.29, 1.82) is 0 Å². The van der Waals surface area contributed by atoms with Crippen LogP contribution in [0.5, 0.6) is 0 Å². The molecule has 3 rings (SSSR count). The number of hydrogen-bond acceptors (Lipinski definition) is 4. The van der Waals surface area contributed by atoms with Crippen LogP contribution < -0.4 is 16.0 Å². The molecule has 1 unspecified atom stereocenters. The third-order valence-electron chi connectivity index (χ3n) is 3.70. The zero-order valence-corrected chi connectivity index (χ0v) is 13.9. The number of aromatic nitrogens is 1. The highest BCUT2D eigenvalue weighted by Crippen LogP contribution is 2.36. The third-order valence-corrected chi connectivity index (χ3v) is 4.82. The number of hydrogen-bond donors (Lipinski definition) is 3. The van der Waals surface area contributed by atoms with Gasteiger partial charge in [-0.1, -0.05) is 6.07 Å². The molecule has 0 radical (unpaired) electrons. The van der Waals surface area contributed by atoms with E-state index in [1.165, 1.54) is 12.1 Å². The SMILES string of the molecule is O=C(NCCNc1ccccn1)NC1CCSc2ccc(F)cc21. The van der Waals surface area contributed by atoms with Crippen LogP contribution in [0.4, 0.5) is 15.0 Å². The molecule has 1 aliphatic heterocycles. The molecule has 0 aliphatic carbocycles. The van der Waals surface area contributed by atoms with Gasteiger partial charge in [-0.3, -0.25) is 0 Å². The molecule has 7 heteroatoms. The van der Waals surface area contributed by atoms with Crippen molar-refractivity contribution in [3.8, 4) is 0 Å². The Bertz CT molecular complexity index is 698. The monoisotopic (exact) mass is 346 g/mol. The van der Waals surface area contributed by atoms with Gasteiger partial charge in [0.2, 0.25) is 0 Å². The van der Waals surface area contributed by atoms with Crippen LogP contribution in [0.25, 0.3) is 0 Å². The van der Waals surface area contributed by atoms with Gasteiger partial charge in [0.1, 0.15) is 11.6 Å². The average molecular weight is 346 g/mol. The van der Waals surface area contributed by atoms with Crippen molar-refractivity contribution in [2.24, 2.45) is 0 Å². The predicted octanol–water partition coefficient (Wildman–Crippen LogP) is 3.17. The number of nitrogens with one attached hydrogen (secondary N) is 3. The van der Waals surface area contributed by atoms with Crippen LogP contribution in [-0.4, -0.2) is 29.9 Å². The first kappa shape index (κ1) is 16.6. The fourth-order valence-electron chi connectivity index (χ4n) is 2.56. The maximum atomic E-state index is 13.5. The van der Waals surface area contributed by atoms with Gasteiger partial charge in [0.25, 0.3) is 0 Å². The van der Waals surface area contributed by atoms with Crippen molar-refractivity contribution in [2.75, 3.05) is 24.2 Å². The number of pyridine rings is 1. The molecule has 2 heterocycles. The summed E-state index contributed by atoms with van der Waals surface area (Å²) in [5.41, 5.74) is 0.855. The highest BCUT2D eigenvalue weighted by Gasteiger charge is 2.22. The number of carbonyl (C=O) groups excluding carboxylic acids is 1. The summed E-state index contributed by atoms with van der Waals surface area (Å²) >= 11 is 1.69. The van der Waals surface area contributed by atoms with Crippen molar-refractivity contribution < 1.29 is 9.18 Å². The molecule has 1 aromatic heterocycles. The normalized spacial score (nSPS) is 16.1. The Morgan fingerprint density at radius 1 is 1.29 bits per heavy atom. The Morgan fingerprint density at radius 2 is 2.21 bits per heavy atom. The third kappa shape index (κ3) is 4.38. The van der Waals surface area contributed by atoms with Crippen molar-refractivity contribution in [1.82, 2.24) is 15.6 Å². The summed E-state index contributed by atoms with van der Waals surface area (Å²) in [6, 6.07) is 9.95. The first-order chi connectivity index (χ1) is 11.7. The molecule has 2 aromatic rings. The molecule has 0 saturated carbocycles. The number of amides is 2. The first-order valence-electron chi connectivity index (χ1n) is 7.84. The Hall–Kier alpha value is -2.28. The van der Waals surface area contributed by atoms with Gasteiger partial charge >= 0.3 is 6.03 Å². The van der Waals surface area contributed by atoms with E-state index in [0.717, 1.165) is 28.5 Å². The number of nitrogens with zero attached hydrogens (tertiary/aromatic N) is 1. The zero-order valence-electron chi connectivity index (χ0n) is 13.1. The molecule has 0 fully saturated rings. The van der Waals surface area contributed by atoms with Gasteiger partial charge in [0.05, 0.1) is 6.04 Å². The Balaban J connectivity index is 1.47. The molecular formula is C17H19FN4OS. The van der Waals surface area contributed by atoms with Crippen LogP contribution in [0.15, 0.2) is 47.5 Å². The van der Waals surface area contributed by atoms with E-state index in [2.05, 4.69) is 20.9 Å². The van der Waals surface area contributed by atoms with Gasteiger partial charge in [0, 0.05) is 29.9 Å². The lowest BCUT2D eigenvalue weighted by Crippen LogP contribution is -2.40. The van der Waals surface area contributed by atoms with E-state index in [1.54, 1.807) is 24.0 Å². The van der Waals surface area contributed by atoms with E-state index in [9.17, 15) is 9.18 Å². The molecule has 5 nitrogen and oxygen atoms in total. The summed E-state index contributed by atoms with van der Waals surface area (Å²) < 4.78 is 13.5. The maximum absolute atomic E-state index is 13.5. The Kier molecular flexibility index (Phi) is 5.53. The van der Waals surface area contributed by atoms with Crippen molar-refractivity contribution in [3.05, 3.63) is 54.0 Å². The van der Waals surface area contributed by atoms with Crippen molar-refractivity contribution in [2.45, 2.75) is 17.4 Å². The first-order valence-corrected chi connectivity index (χ1v) is 8.82. The Labute approximate surface area is 144 Å². The van der Waals surface area contributed by atoms with Crippen LogP contribution in [0.2, 0.25) is 0 Å². The topological polar surface area (TPSA) is 66.0 Å². The largest absolute Gasteiger partial charge is 0.368 e. The highest BCUT2D eigenvalue weighted by molar-refractivity contribution is 7.99. The van der Waals surface area contributed by atoms with E-state index >= 15 is 0 Å². The lowest BCUT2D eigenvalue weighted by molar-refractivity contribution is 0.237. The lowest BCUT2D eigenvalue weighted by Gasteiger charge is -2.26. The average Bonchev–Trinajstić information content (AvgIpc) is 2.60. The molecule has 1 aliphatic rings. The molecule has 0 spiro atoms. The zero-order chi connectivity index (χ0) is 16.8.